The zero-order chi connectivity index (χ0) is 11.0. The summed E-state index contributed by atoms with van der Waals surface area (Å²) in [5.74, 6) is 0.590. The zero-order valence-corrected chi connectivity index (χ0v) is 9.65. The smallest absolute Gasteiger partial charge is 0.410 e. The van der Waals surface area contributed by atoms with E-state index in [1.165, 1.54) is 25.7 Å². The van der Waals surface area contributed by atoms with Crippen LogP contribution >= 0.6 is 0 Å². The van der Waals surface area contributed by atoms with Crippen molar-refractivity contribution in [1.29, 1.82) is 0 Å². The monoisotopic (exact) mass is 224 g/mol. The molecule has 3 atom stereocenters. The number of hydrogen-bond donors (Lipinski definition) is 1. The second-order valence-electron chi connectivity index (χ2n) is 5.24. The van der Waals surface area contributed by atoms with Crippen LogP contribution in [0.15, 0.2) is 0 Å². The Morgan fingerprint density at radius 2 is 2.12 bits per heavy atom. The lowest BCUT2D eigenvalue weighted by atomic mass is 9.82. The van der Waals surface area contributed by atoms with Crippen LogP contribution in [0.4, 0.5) is 4.79 Å². The van der Waals surface area contributed by atoms with E-state index in [-0.39, 0.29) is 6.09 Å². The van der Waals surface area contributed by atoms with E-state index < -0.39 is 0 Å². The van der Waals surface area contributed by atoms with Crippen LogP contribution in [0.1, 0.15) is 32.1 Å². The molecule has 0 aromatic heterocycles. The molecule has 1 saturated carbocycles. The number of rotatable bonds is 1. The SMILES string of the molecule is O=C1OCC2CCCCC2N1C1CCNC1. The van der Waals surface area contributed by atoms with Gasteiger partial charge in [0.25, 0.3) is 0 Å². The summed E-state index contributed by atoms with van der Waals surface area (Å²) in [5.41, 5.74) is 0. The normalized spacial score (nSPS) is 39.4. The highest BCUT2D eigenvalue weighted by atomic mass is 16.6. The summed E-state index contributed by atoms with van der Waals surface area (Å²) in [6, 6.07) is 0.832. The van der Waals surface area contributed by atoms with E-state index in [1.807, 2.05) is 4.90 Å². The fourth-order valence-electron chi connectivity index (χ4n) is 3.43. The predicted octanol–water partition coefficient (Wildman–Crippen LogP) is 1.36. The molecule has 2 heterocycles. The lowest BCUT2D eigenvalue weighted by Crippen LogP contribution is -2.56. The molecule has 0 spiro atoms. The van der Waals surface area contributed by atoms with Crippen molar-refractivity contribution < 1.29 is 9.53 Å². The zero-order valence-electron chi connectivity index (χ0n) is 9.65. The van der Waals surface area contributed by atoms with Crippen LogP contribution in [0, 0.1) is 5.92 Å². The Kier molecular flexibility index (Phi) is 2.75. The molecule has 90 valence electrons. The molecular weight excluding hydrogens is 204 g/mol. The van der Waals surface area contributed by atoms with Crippen LogP contribution in [-0.2, 0) is 4.74 Å². The number of nitrogens with zero attached hydrogens (tertiary/aromatic N) is 1. The first-order chi connectivity index (χ1) is 7.86. The molecule has 16 heavy (non-hydrogen) atoms. The molecule has 0 radical (unpaired) electrons. The van der Waals surface area contributed by atoms with E-state index in [0.717, 1.165) is 19.5 Å². The van der Waals surface area contributed by atoms with Crippen molar-refractivity contribution in [2.75, 3.05) is 19.7 Å². The van der Waals surface area contributed by atoms with E-state index in [1.54, 1.807) is 0 Å². The van der Waals surface area contributed by atoms with Crippen molar-refractivity contribution in [2.45, 2.75) is 44.2 Å². The van der Waals surface area contributed by atoms with Crippen molar-refractivity contribution >= 4 is 6.09 Å². The van der Waals surface area contributed by atoms with Crippen molar-refractivity contribution in [3.05, 3.63) is 0 Å². The second kappa shape index (κ2) is 4.24. The summed E-state index contributed by atoms with van der Waals surface area (Å²) in [4.78, 5) is 14.0. The molecule has 1 amide bonds. The summed E-state index contributed by atoms with van der Waals surface area (Å²) < 4.78 is 5.33. The molecule has 2 aliphatic heterocycles. The average Bonchev–Trinajstić information content (AvgIpc) is 2.82. The van der Waals surface area contributed by atoms with Gasteiger partial charge in [-0.1, -0.05) is 12.8 Å². The highest BCUT2D eigenvalue weighted by Gasteiger charge is 2.42. The summed E-state index contributed by atoms with van der Waals surface area (Å²) in [6.07, 6.45) is 5.99. The fourth-order valence-corrected chi connectivity index (χ4v) is 3.43. The number of carbonyl (C=O) groups excluding carboxylic acids is 1. The molecular formula is C12H20N2O2. The fraction of sp³-hybridized carbons (Fsp3) is 0.917. The Morgan fingerprint density at radius 1 is 1.25 bits per heavy atom. The topological polar surface area (TPSA) is 41.6 Å². The Bertz CT molecular complexity index is 276. The van der Waals surface area contributed by atoms with Crippen LogP contribution in [0.3, 0.4) is 0 Å². The van der Waals surface area contributed by atoms with E-state index in [0.29, 0.717) is 24.6 Å². The Balaban J connectivity index is 1.78. The molecule has 3 aliphatic rings. The molecule has 3 rings (SSSR count). The van der Waals surface area contributed by atoms with Crippen molar-refractivity contribution in [2.24, 2.45) is 5.92 Å². The van der Waals surface area contributed by atoms with Gasteiger partial charge in [-0.3, -0.25) is 0 Å². The highest BCUT2D eigenvalue weighted by Crippen LogP contribution is 2.34. The lowest BCUT2D eigenvalue weighted by Gasteiger charge is -2.45. The first-order valence-electron chi connectivity index (χ1n) is 6.52. The maximum atomic E-state index is 11.9. The summed E-state index contributed by atoms with van der Waals surface area (Å²) in [6.45, 7) is 2.63. The van der Waals surface area contributed by atoms with Gasteiger partial charge in [0.2, 0.25) is 0 Å². The molecule has 2 saturated heterocycles. The molecule has 0 aromatic rings. The Labute approximate surface area is 96.3 Å². The number of fused-ring (bicyclic) bond motifs is 1. The van der Waals surface area contributed by atoms with Crippen LogP contribution in [0.25, 0.3) is 0 Å². The van der Waals surface area contributed by atoms with E-state index in [2.05, 4.69) is 5.32 Å². The molecule has 0 bridgehead atoms. The van der Waals surface area contributed by atoms with Gasteiger partial charge >= 0.3 is 6.09 Å². The highest BCUT2D eigenvalue weighted by molar-refractivity contribution is 5.69. The second-order valence-corrected chi connectivity index (χ2v) is 5.24. The molecule has 3 unspecified atom stereocenters. The van der Waals surface area contributed by atoms with Gasteiger partial charge in [0, 0.05) is 24.5 Å². The van der Waals surface area contributed by atoms with Crippen LogP contribution < -0.4 is 5.32 Å². The minimum atomic E-state index is -0.0724. The van der Waals surface area contributed by atoms with Crippen molar-refractivity contribution in [3.8, 4) is 0 Å². The van der Waals surface area contributed by atoms with Gasteiger partial charge in [0.15, 0.2) is 0 Å². The number of carbonyl (C=O) groups is 1. The van der Waals surface area contributed by atoms with Crippen molar-refractivity contribution in [1.82, 2.24) is 10.2 Å². The molecule has 4 nitrogen and oxygen atoms in total. The first kappa shape index (κ1) is 10.4. The summed E-state index contributed by atoms with van der Waals surface area (Å²) in [5, 5.41) is 3.34. The standard InChI is InChI=1S/C12H20N2O2/c15-12-14(10-5-6-13-7-10)11-4-2-1-3-9(11)8-16-12/h9-11,13H,1-8H2. The minimum absolute atomic E-state index is 0.0724. The third kappa shape index (κ3) is 1.69. The maximum absolute atomic E-state index is 11.9. The van der Waals surface area contributed by atoms with E-state index >= 15 is 0 Å². The lowest BCUT2D eigenvalue weighted by molar-refractivity contribution is -0.0232. The van der Waals surface area contributed by atoms with Crippen LogP contribution in [-0.4, -0.2) is 42.8 Å². The van der Waals surface area contributed by atoms with Gasteiger partial charge in [-0.05, 0) is 25.8 Å². The van der Waals surface area contributed by atoms with E-state index in [4.69, 9.17) is 4.74 Å². The number of nitrogens with one attached hydrogen (secondary N) is 1. The summed E-state index contributed by atoms with van der Waals surface area (Å²) >= 11 is 0. The molecule has 1 N–H and O–H groups in total. The molecule has 0 aromatic carbocycles. The number of amides is 1. The van der Waals surface area contributed by atoms with Gasteiger partial charge < -0.3 is 15.0 Å². The number of hydrogen-bond acceptors (Lipinski definition) is 3. The van der Waals surface area contributed by atoms with Gasteiger partial charge in [0.1, 0.15) is 0 Å². The Morgan fingerprint density at radius 3 is 2.94 bits per heavy atom. The minimum Gasteiger partial charge on any atom is -0.449 e. The number of cyclic esters (lactones) is 1. The molecule has 1 aliphatic carbocycles. The third-order valence-corrected chi connectivity index (χ3v) is 4.29. The van der Waals surface area contributed by atoms with E-state index in [9.17, 15) is 4.79 Å². The predicted molar refractivity (Wildman–Crippen MR) is 60.2 cm³/mol. The number of ether oxygens (including phenoxy) is 1. The Hall–Kier alpha value is -0.770. The maximum Gasteiger partial charge on any atom is 0.410 e. The quantitative estimate of drug-likeness (QED) is 0.731. The van der Waals surface area contributed by atoms with Gasteiger partial charge in [0.05, 0.1) is 6.61 Å². The van der Waals surface area contributed by atoms with Gasteiger partial charge in [-0.25, -0.2) is 4.79 Å². The average molecular weight is 224 g/mol. The van der Waals surface area contributed by atoms with Crippen molar-refractivity contribution in [3.63, 3.8) is 0 Å². The first-order valence-corrected chi connectivity index (χ1v) is 6.52. The van der Waals surface area contributed by atoms with Gasteiger partial charge in [-0.15, -0.1) is 0 Å². The van der Waals surface area contributed by atoms with Gasteiger partial charge in [-0.2, -0.15) is 0 Å². The van der Waals surface area contributed by atoms with Crippen LogP contribution in [0.2, 0.25) is 0 Å². The molecule has 4 heteroatoms. The summed E-state index contributed by atoms with van der Waals surface area (Å²) in [7, 11) is 0. The molecule has 3 fully saturated rings. The largest absolute Gasteiger partial charge is 0.449 e. The van der Waals surface area contributed by atoms with Crippen LogP contribution in [0.5, 0.6) is 0 Å². The third-order valence-electron chi connectivity index (χ3n) is 4.29.